The maximum Gasteiger partial charge on any atom is 0.446 e. The van der Waals surface area contributed by atoms with E-state index in [-0.39, 0.29) is 11.5 Å². The van der Waals surface area contributed by atoms with E-state index in [1.54, 1.807) is 37.3 Å². The highest BCUT2D eigenvalue weighted by atomic mass is 32.3. The molecule has 0 aromatic heterocycles. The van der Waals surface area contributed by atoms with E-state index < -0.39 is 10.4 Å². The molecule has 2 rings (SSSR count). The molecule has 8 nitrogen and oxygen atoms in total. The molecule has 0 radical (unpaired) electrons. The fourth-order valence-corrected chi connectivity index (χ4v) is 2.45. The molecule has 0 heterocycles. The first-order chi connectivity index (χ1) is 12.1. The Balaban J connectivity index is 2.30. The molecule has 138 valence electrons. The van der Waals surface area contributed by atoms with Crippen molar-refractivity contribution in [3.05, 3.63) is 53.1 Å². The van der Waals surface area contributed by atoms with Crippen molar-refractivity contribution in [1.82, 2.24) is 5.01 Å². The minimum atomic E-state index is -4.70. The van der Waals surface area contributed by atoms with Gasteiger partial charge in [0.1, 0.15) is 5.75 Å². The molecule has 0 saturated heterocycles. The summed E-state index contributed by atoms with van der Waals surface area (Å²) in [6.45, 7) is 1.90. The summed E-state index contributed by atoms with van der Waals surface area (Å²) in [6, 6.07) is 9.46. The summed E-state index contributed by atoms with van der Waals surface area (Å²) >= 11 is 0. The van der Waals surface area contributed by atoms with Crippen molar-refractivity contribution in [2.24, 2.45) is 10.3 Å². The lowest BCUT2D eigenvalue weighted by atomic mass is 10.1. The zero-order chi connectivity index (χ0) is 19.3. The third kappa shape index (κ3) is 5.87. The average molecular weight is 377 g/mol. The normalized spacial score (nSPS) is 12.0. The van der Waals surface area contributed by atoms with Crippen LogP contribution in [-0.4, -0.2) is 37.2 Å². The van der Waals surface area contributed by atoms with Crippen LogP contribution in [0.5, 0.6) is 11.5 Å². The number of aromatic hydroxyl groups is 1. The second-order valence-electron chi connectivity index (χ2n) is 5.64. The Morgan fingerprint density at radius 1 is 1.08 bits per heavy atom. The van der Waals surface area contributed by atoms with Crippen LogP contribution in [0.1, 0.15) is 16.7 Å². The molecular weight excluding hydrogens is 358 g/mol. The Bertz CT molecular complexity index is 953. The van der Waals surface area contributed by atoms with Gasteiger partial charge < -0.3 is 9.29 Å². The van der Waals surface area contributed by atoms with E-state index in [1.807, 2.05) is 19.1 Å². The second kappa shape index (κ2) is 7.98. The van der Waals surface area contributed by atoms with Crippen LogP contribution in [0, 0.1) is 6.92 Å². The Morgan fingerprint density at radius 3 is 2.35 bits per heavy atom. The zero-order valence-corrected chi connectivity index (χ0v) is 15.3. The first-order valence-electron chi connectivity index (χ1n) is 7.52. The third-order valence-corrected chi connectivity index (χ3v) is 3.62. The summed E-state index contributed by atoms with van der Waals surface area (Å²) in [5.41, 5.74) is 2.89. The van der Waals surface area contributed by atoms with Gasteiger partial charge in [-0.2, -0.15) is 8.42 Å². The first kappa shape index (κ1) is 19.4. The van der Waals surface area contributed by atoms with E-state index >= 15 is 0 Å². The van der Waals surface area contributed by atoms with Crippen LogP contribution < -0.4 is 4.18 Å². The van der Waals surface area contributed by atoms with Crippen LogP contribution in [-0.2, 0) is 10.4 Å². The molecule has 0 aliphatic rings. The second-order valence-corrected chi connectivity index (χ2v) is 6.67. The quantitative estimate of drug-likeness (QED) is 0.344. The van der Waals surface area contributed by atoms with E-state index in [0.29, 0.717) is 11.3 Å². The molecule has 0 amide bonds. The molecule has 0 fully saturated rings. The van der Waals surface area contributed by atoms with Gasteiger partial charge in [-0.25, -0.2) is 0 Å². The lowest BCUT2D eigenvalue weighted by Gasteiger charge is -2.07. The van der Waals surface area contributed by atoms with Gasteiger partial charge in [-0.3, -0.25) is 9.56 Å². The first-order valence-corrected chi connectivity index (χ1v) is 8.88. The summed E-state index contributed by atoms with van der Waals surface area (Å²) < 4.78 is 35.2. The molecule has 2 aromatic carbocycles. The largest absolute Gasteiger partial charge is 0.508 e. The molecule has 0 atom stereocenters. The van der Waals surface area contributed by atoms with Gasteiger partial charge in [0.15, 0.2) is 5.75 Å². The van der Waals surface area contributed by atoms with Gasteiger partial charge in [0.2, 0.25) is 0 Å². The number of hydrogen-bond donors (Lipinski definition) is 2. The molecule has 26 heavy (non-hydrogen) atoms. The fraction of sp³-hybridized carbons (Fsp3) is 0.176. The van der Waals surface area contributed by atoms with E-state index in [9.17, 15) is 13.5 Å². The predicted octanol–water partition coefficient (Wildman–Crippen LogP) is 3.61. The molecule has 0 spiro atoms. The Labute approximate surface area is 152 Å². The predicted molar refractivity (Wildman–Crippen MR) is 98.6 cm³/mol. The summed E-state index contributed by atoms with van der Waals surface area (Å²) in [5, 5.41) is 19.1. The molecule has 0 unspecified atom stereocenters. The SMILES string of the molecule is Cc1cc(N=NN(C)C)ccc1C=Cc1ccc(O)cc1OS(=O)(=O)O. The maximum absolute atomic E-state index is 10.9. The number of phenolic OH excluding ortho intramolecular Hbond substituents is 1. The highest BCUT2D eigenvalue weighted by molar-refractivity contribution is 7.81. The van der Waals surface area contributed by atoms with E-state index in [0.717, 1.165) is 17.2 Å². The van der Waals surface area contributed by atoms with Crippen LogP contribution in [0.3, 0.4) is 0 Å². The Kier molecular flexibility index (Phi) is 5.96. The molecule has 2 aromatic rings. The van der Waals surface area contributed by atoms with Gasteiger partial charge in [-0.15, -0.1) is 5.11 Å². The number of benzene rings is 2. The van der Waals surface area contributed by atoms with Crippen LogP contribution in [0.25, 0.3) is 12.2 Å². The number of nitrogens with zero attached hydrogens (tertiary/aromatic N) is 3. The summed E-state index contributed by atoms with van der Waals surface area (Å²) in [4.78, 5) is 0. The zero-order valence-electron chi connectivity index (χ0n) is 14.5. The molecule has 0 aliphatic carbocycles. The van der Waals surface area contributed by atoms with Gasteiger partial charge in [-0.1, -0.05) is 23.4 Å². The summed E-state index contributed by atoms with van der Waals surface area (Å²) in [6.07, 6.45) is 3.37. The maximum atomic E-state index is 10.9. The Morgan fingerprint density at radius 2 is 1.73 bits per heavy atom. The summed E-state index contributed by atoms with van der Waals surface area (Å²) in [5.74, 6) is -0.370. The molecular formula is C17H19N3O5S. The highest BCUT2D eigenvalue weighted by Gasteiger charge is 2.11. The monoisotopic (exact) mass is 377 g/mol. The summed E-state index contributed by atoms with van der Waals surface area (Å²) in [7, 11) is -1.15. The number of aryl methyl sites for hydroxylation is 1. The average Bonchev–Trinajstić information content (AvgIpc) is 2.52. The molecule has 2 N–H and O–H groups in total. The van der Waals surface area contributed by atoms with Crippen molar-refractivity contribution in [2.45, 2.75) is 6.92 Å². The van der Waals surface area contributed by atoms with Gasteiger partial charge in [-0.05, 0) is 42.3 Å². The standard InChI is InChI=1S/C17H19N3O5S/c1-12-10-15(18-19-20(2)3)8-6-13(12)4-5-14-7-9-16(21)11-17(14)25-26(22,23)24/h4-11,21H,1-3H3,(H,22,23,24). The van der Waals surface area contributed by atoms with Gasteiger partial charge in [0.05, 0.1) is 5.69 Å². The Hall–Kier alpha value is -2.91. The van der Waals surface area contributed by atoms with Gasteiger partial charge in [0, 0.05) is 25.7 Å². The van der Waals surface area contributed by atoms with Crippen molar-refractivity contribution in [3.63, 3.8) is 0 Å². The minimum Gasteiger partial charge on any atom is -0.508 e. The van der Waals surface area contributed by atoms with Crippen molar-refractivity contribution in [1.29, 1.82) is 0 Å². The molecule has 0 aliphatic heterocycles. The molecule has 0 saturated carbocycles. The minimum absolute atomic E-state index is 0.183. The number of rotatable bonds is 6. The van der Waals surface area contributed by atoms with E-state index in [1.165, 1.54) is 12.1 Å². The van der Waals surface area contributed by atoms with Gasteiger partial charge >= 0.3 is 10.4 Å². The topological polar surface area (TPSA) is 112 Å². The highest BCUT2D eigenvalue weighted by Crippen LogP contribution is 2.28. The van der Waals surface area contributed by atoms with Crippen molar-refractivity contribution in [3.8, 4) is 11.5 Å². The number of hydrogen-bond acceptors (Lipinski definition) is 6. The van der Waals surface area contributed by atoms with Crippen molar-refractivity contribution >= 4 is 28.2 Å². The molecule has 0 bridgehead atoms. The van der Waals surface area contributed by atoms with Gasteiger partial charge in [0.25, 0.3) is 0 Å². The van der Waals surface area contributed by atoms with Crippen LogP contribution in [0.2, 0.25) is 0 Å². The lowest BCUT2D eigenvalue weighted by Crippen LogP contribution is -2.07. The lowest BCUT2D eigenvalue weighted by molar-refractivity contribution is 0.385. The molecule has 9 heteroatoms. The van der Waals surface area contributed by atoms with Crippen molar-refractivity contribution < 1.29 is 22.3 Å². The smallest absolute Gasteiger partial charge is 0.446 e. The van der Waals surface area contributed by atoms with Crippen LogP contribution in [0.15, 0.2) is 46.7 Å². The fourth-order valence-electron chi connectivity index (χ4n) is 2.08. The van der Waals surface area contributed by atoms with Crippen LogP contribution in [0.4, 0.5) is 5.69 Å². The van der Waals surface area contributed by atoms with E-state index in [2.05, 4.69) is 14.5 Å². The van der Waals surface area contributed by atoms with E-state index in [4.69, 9.17) is 4.55 Å². The van der Waals surface area contributed by atoms with Crippen molar-refractivity contribution in [2.75, 3.05) is 14.1 Å². The van der Waals surface area contributed by atoms with Crippen LogP contribution >= 0.6 is 0 Å². The number of phenols is 1. The third-order valence-electron chi connectivity index (χ3n) is 3.23.